The molecule has 0 spiro atoms. The van der Waals surface area contributed by atoms with Gasteiger partial charge in [0, 0.05) is 6.04 Å². The lowest BCUT2D eigenvalue weighted by Crippen LogP contribution is -2.28. The van der Waals surface area contributed by atoms with Crippen molar-refractivity contribution in [2.45, 2.75) is 25.7 Å². The summed E-state index contributed by atoms with van der Waals surface area (Å²) in [5.74, 6) is 1.36. The highest BCUT2D eigenvalue weighted by Gasteiger charge is 2.20. The van der Waals surface area contributed by atoms with E-state index in [0.717, 1.165) is 5.56 Å². The molecule has 2 aromatic rings. The van der Waals surface area contributed by atoms with E-state index in [2.05, 4.69) is 0 Å². The van der Waals surface area contributed by atoms with Gasteiger partial charge in [0.15, 0.2) is 6.10 Å². The Balaban J connectivity index is 2.18. The fourth-order valence-corrected chi connectivity index (χ4v) is 1.74. The van der Waals surface area contributed by atoms with Crippen molar-refractivity contribution in [3.63, 3.8) is 0 Å². The summed E-state index contributed by atoms with van der Waals surface area (Å²) in [7, 11) is 0. The number of nitrogens with two attached hydrogens (primary N) is 1. The molecular formula is C14H17NO3. The summed E-state index contributed by atoms with van der Waals surface area (Å²) in [6, 6.07) is 10.7. The molecule has 2 atom stereocenters. The Labute approximate surface area is 106 Å². The summed E-state index contributed by atoms with van der Waals surface area (Å²) in [6.07, 6.45) is 1.26. The Bertz CT molecular complexity index is 480. The van der Waals surface area contributed by atoms with Gasteiger partial charge >= 0.3 is 0 Å². The molecule has 0 saturated heterocycles. The van der Waals surface area contributed by atoms with E-state index in [1.807, 2.05) is 31.2 Å². The predicted molar refractivity (Wildman–Crippen MR) is 68.1 cm³/mol. The largest absolute Gasteiger partial charge is 0.481 e. The molecule has 0 aliphatic rings. The van der Waals surface area contributed by atoms with Crippen LogP contribution in [0, 0.1) is 0 Å². The van der Waals surface area contributed by atoms with E-state index >= 15 is 0 Å². The molecule has 1 aromatic carbocycles. The van der Waals surface area contributed by atoms with Gasteiger partial charge in [0.05, 0.1) is 12.9 Å². The van der Waals surface area contributed by atoms with Crippen molar-refractivity contribution in [3.05, 3.63) is 54.0 Å². The Kier molecular flexibility index (Phi) is 4.02. The summed E-state index contributed by atoms with van der Waals surface area (Å²) in [6.45, 7) is 1.85. The van der Waals surface area contributed by atoms with Crippen LogP contribution in [0.3, 0.4) is 0 Å². The first-order valence-corrected chi connectivity index (χ1v) is 5.86. The lowest BCUT2D eigenvalue weighted by molar-refractivity contribution is 0.152. The maximum atomic E-state index is 9.09. The van der Waals surface area contributed by atoms with Crippen molar-refractivity contribution in [2.75, 3.05) is 0 Å². The van der Waals surface area contributed by atoms with Gasteiger partial charge in [-0.05, 0) is 36.8 Å². The van der Waals surface area contributed by atoms with E-state index in [0.29, 0.717) is 11.5 Å². The maximum absolute atomic E-state index is 9.09. The van der Waals surface area contributed by atoms with Gasteiger partial charge in [-0.2, -0.15) is 0 Å². The zero-order chi connectivity index (χ0) is 13.0. The fourth-order valence-electron chi connectivity index (χ4n) is 1.74. The van der Waals surface area contributed by atoms with Gasteiger partial charge in [0.1, 0.15) is 11.5 Å². The molecule has 2 unspecified atom stereocenters. The molecule has 0 aliphatic heterocycles. The van der Waals surface area contributed by atoms with Crippen LogP contribution in [0.5, 0.6) is 5.75 Å². The fraction of sp³-hybridized carbons (Fsp3) is 0.286. The molecule has 18 heavy (non-hydrogen) atoms. The zero-order valence-corrected chi connectivity index (χ0v) is 10.2. The molecule has 2 rings (SSSR count). The minimum Gasteiger partial charge on any atom is -0.481 e. The van der Waals surface area contributed by atoms with Gasteiger partial charge in [-0.3, -0.25) is 0 Å². The van der Waals surface area contributed by atoms with Gasteiger partial charge in [-0.25, -0.2) is 0 Å². The first-order chi connectivity index (χ1) is 8.70. The third kappa shape index (κ3) is 2.91. The number of rotatable bonds is 5. The van der Waals surface area contributed by atoms with E-state index in [4.69, 9.17) is 20.0 Å². The van der Waals surface area contributed by atoms with E-state index in [1.54, 1.807) is 18.4 Å². The van der Waals surface area contributed by atoms with Gasteiger partial charge in [0.2, 0.25) is 0 Å². The second-order valence-electron chi connectivity index (χ2n) is 4.22. The molecular weight excluding hydrogens is 230 g/mol. The first kappa shape index (κ1) is 12.7. The number of hydrogen-bond donors (Lipinski definition) is 2. The Hall–Kier alpha value is -1.78. The van der Waals surface area contributed by atoms with Crippen molar-refractivity contribution in [1.82, 2.24) is 0 Å². The molecule has 0 saturated carbocycles. The summed E-state index contributed by atoms with van der Waals surface area (Å²) in [5, 5.41) is 9.09. The average molecular weight is 247 g/mol. The highest BCUT2D eigenvalue weighted by molar-refractivity contribution is 5.28. The molecule has 0 bridgehead atoms. The van der Waals surface area contributed by atoms with Crippen molar-refractivity contribution in [3.8, 4) is 5.75 Å². The third-order valence-electron chi connectivity index (χ3n) is 2.65. The van der Waals surface area contributed by atoms with Crippen LogP contribution in [0.1, 0.15) is 24.4 Å². The van der Waals surface area contributed by atoms with Crippen molar-refractivity contribution >= 4 is 0 Å². The van der Waals surface area contributed by atoms with Gasteiger partial charge in [-0.1, -0.05) is 12.1 Å². The lowest BCUT2D eigenvalue weighted by atomic mass is 10.1. The van der Waals surface area contributed by atoms with Crippen LogP contribution in [0.15, 0.2) is 47.1 Å². The molecule has 1 aromatic heterocycles. The zero-order valence-electron chi connectivity index (χ0n) is 10.2. The second-order valence-corrected chi connectivity index (χ2v) is 4.22. The quantitative estimate of drug-likeness (QED) is 0.850. The number of benzene rings is 1. The Morgan fingerprint density at radius 3 is 2.78 bits per heavy atom. The molecule has 0 fully saturated rings. The summed E-state index contributed by atoms with van der Waals surface area (Å²) < 4.78 is 11.2. The van der Waals surface area contributed by atoms with E-state index in [-0.39, 0.29) is 18.8 Å². The van der Waals surface area contributed by atoms with E-state index in [9.17, 15) is 0 Å². The normalized spacial score (nSPS) is 14.2. The molecule has 96 valence electrons. The predicted octanol–water partition coefficient (Wildman–Crippen LogP) is 2.24. The van der Waals surface area contributed by atoms with Crippen LogP contribution in [-0.4, -0.2) is 11.1 Å². The van der Waals surface area contributed by atoms with Crippen molar-refractivity contribution in [1.29, 1.82) is 0 Å². The van der Waals surface area contributed by atoms with Gasteiger partial charge < -0.3 is 20.0 Å². The summed E-state index contributed by atoms with van der Waals surface area (Å²) >= 11 is 0. The van der Waals surface area contributed by atoms with E-state index < -0.39 is 0 Å². The minimum absolute atomic E-state index is 0.0131. The lowest BCUT2D eigenvalue weighted by Gasteiger charge is -2.20. The van der Waals surface area contributed by atoms with Crippen LogP contribution in [-0.2, 0) is 6.61 Å². The third-order valence-corrected chi connectivity index (χ3v) is 2.65. The van der Waals surface area contributed by atoms with Gasteiger partial charge in [-0.15, -0.1) is 0 Å². The number of furan rings is 1. The smallest absolute Gasteiger partial charge is 0.171 e. The van der Waals surface area contributed by atoms with Gasteiger partial charge in [0.25, 0.3) is 0 Å². The summed E-state index contributed by atoms with van der Waals surface area (Å²) in [5.41, 5.74) is 6.71. The monoisotopic (exact) mass is 247 g/mol. The average Bonchev–Trinajstić information content (AvgIpc) is 2.89. The summed E-state index contributed by atoms with van der Waals surface area (Å²) in [4.78, 5) is 0. The standard InChI is InChI=1S/C14H17NO3/c1-10(15)14(13-6-3-7-17-13)18-12-5-2-4-11(8-12)9-16/h2-8,10,14,16H,9,15H2,1H3. The molecule has 4 nitrogen and oxygen atoms in total. The molecule has 0 aliphatic carbocycles. The minimum atomic E-state index is -0.339. The first-order valence-electron chi connectivity index (χ1n) is 5.86. The number of aliphatic hydroxyl groups excluding tert-OH is 1. The molecule has 0 radical (unpaired) electrons. The van der Waals surface area contributed by atoms with Crippen LogP contribution in [0.25, 0.3) is 0 Å². The number of aliphatic hydroxyl groups is 1. The topological polar surface area (TPSA) is 68.6 Å². The van der Waals surface area contributed by atoms with Crippen LogP contribution in [0.2, 0.25) is 0 Å². The molecule has 4 heteroatoms. The van der Waals surface area contributed by atoms with Crippen LogP contribution in [0.4, 0.5) is 0 Å². The maximum Gasteiger partial charge on any atom is 0.171 e. The number of hydrogen-bond acceptors (Lipinski definition) is 4. The number of ether oxygens (including phenoxy) is 1. The van der Waals surface area contributed by atoms with Crippen molar-refractivity contribution < 1.29 is 14.3 Å². The molecule has 1 heterocycles. The highest BCUT2D eigenvalue weighted by atomic mass is 16.5. The van der Waals surface area contributed by atoms with Crippen LogP contribution < -0.4 is 10.5 Å². The molecule has 0 amide bonds. The second kappa shape index (κ2) is 5.71. The van der Waals surface area contributed by atoms with Crippen molar-refractivity contribution in [2.24, 2.45) is 5.73 Å². The Morgan fingerprint density at radius 1 is 1.33 bits per heavy atom. The van der Waals surface area contributed by atoms with E-state index in [1.165, 1.54) is 0 Å². The highest BCUT2D eigenvalue weighted by Crippen LogP contribution is 2.25. The van der Waals surface area contributed by atoms with Crippen LogP contribution >= 0.6 is 0 Å². The molecule has 3 N–H and O–H groups in total. The Morgan fingerprint density at radius 2 is 2.17 bits per heavy atom. The SMILES string of the molecule is CC(N)C(Oc1cccc(CO)c1)c1ccco1.